The van der Waals surface area contributed by atoms with Gasteiger partial charge in [0.05, 0.1) is 5.69 Å². The minimum absolute atomic E-state index is 0.196. The molecule has 0 spiro atoms. The van der Waals surface area contributed by atoms with Gasteiger partial charge in [0.2, 0.25) is 10.0 Å². The number of nitrogens with one attached hydrogen (secondary N) is 2. The molecule has 0 aliphatic carbocycles. The monoisotopic (exact) mass is 286 g/mol. The van der Waals surface area contributed by atoms with E-state index in [0.717, 1.165) is 13.0 Å². The summed E-state index contributed by atoms with van der Waals surface area (Å²) in [5.41, 5.74) is 0.592. The third kappa shape index (κ3) is 5.14. The first kappa shape index (κ1) is 15.9. The molecule has 2 N–H and O–H groups in total. The number of rotatable bonds is 8. The summed E-state index contributed by atoms with van der Waals surface area (Å²) < 4.78 is 27.0. The van der Waals surface area contributed by atoms with Gasteiger partial charge < -0.3 is 10.2 Å². The zero-order chi connectivity index (χ0) is 14.3. The van der Waals surface area contributed by atoms with Gasteiger partial charge in [-0.3, -0.25) is 4.98 Å². The second-order valence-corrected chi connectivity index (χ2v) is 6.24. The number of hydrogen-bond acceptors (Lipinski definition) is 5. The molecule has 6 nitrogen and oxygen atoms in total. The second kappa shape index (κ2) is 7.42. The maximum atomic E-state index is 12.2. The van der Waals surface area contributed by atoms with Crippen LogP contribution in [0.4, 0.5) is 5.69 Å². The Labute approximate surface area is 115 Å². The molecule has 0 aliphatic heterocycles. The van der Waals surface area contributed by atoms with Crippen LogP contribution in [-0.4, -0.2) is 52.0 Å². The molecule has 1 aromatic rings. The average molecular weight is 286 g/mol. The third-order valence-electron chi connectivity index (χ3n) is 2.49. The van der Waals surface area contributed by atoms with Gasteiger partial charge in [0.1, 0.15) is 4.90 Å². The molecule has 108 valence electrons. The van der Waals surface area contributed by atoms with Crippen LogP contribution in [0.3, 0.4) is 0 Å². The molecule has 0 saturated heterocycles. The Balaban J connectivity index is 2.82. The van der Waals surface area contributed by atoms with Crippen molar-refractivity contribution in [3.63, 3.8) is 0 Å². The van der Waals surface area contributed by atoms with Crippen molar-refractivity contribution in [2.24, 2.45) is 0 Å². The fourth-order valence-electron chi connectivity index (χ4n) is 1.48. The summed E-state index contributed by atoms with van der Waals surface area (Å²) in [5.74, 6) is 0. The third-order valence-corrected chi connectivity index (χ3v) is 3.98. The Bertz CT molecular complexity index is 488. The average Bonchev–Trinajstić information content (AvgIpc) is 2.36. The van der Waals surface area contributed by atoms with Crippen LogP contribution in [0.1, 0.15) is 13.3 Å². The Morgan fingerprint density at radius 2 is 2.05 bits per heavy atom. The summed E-state index contributed by atoms with van der Waals surface area (Å²) in [6.45, 7) is 3.77. The van der Waals surface area contributed by atoms with Gasteiger partial charge in [-0.15, -0.1) is 0 Å². The Morgan fingerprint density at radius 1 is 1.32 bits per heavy atom. The fraction of sp³-hybridized carbons (Fsp3) is 0.583. The van der Waals surface area contributed by atoms with E-state index in [1.807, 2.05) is 25.9 Å². The van der Waals surface area contributed by atoms with Gasteiger partial charge in [0.15, 0.2) is 0 Å². The lowest BCUT2D eigenvalue weighted by atomic mass is 10.4. The highest BCUT2D eigenvalue weighted by Crippen LogP contribution is 2.19. The van der Waals surface area contributed by atoms with Crippen LogP contribution in [0.2, 0.25) is 0 Å². The van der Waals surface area contributed by atoms with Gasteiger partial charge in [-0.25, -0.2) is 13.1 Å². The van der Waals surface area contributed by atoms with E-state index >= 15 is 0 Å². The van der Waals surface area contributed by atoms with Crippen molar-refractivity contribution in [2.75, 3.05) is 39.0 Å². The first-order valence-corrected chi connectivity index (χ1v) is 7.78. The van der Waals surface area contributed by atoms with Crippen LogP contribution >= 0.6 is 0 Å². The molecule has 0 bridgehead atoms. The van der Waals surface area contributed by atoms with E-state index < -0.39 is 10.0 Å². The highest BCUT2D eigenvalue weighted by Gasteiger charge is 2.18. The molecule has 0 amide bonds. The van der Waals surface area contributed by atoms with Crippen molar-refractivity contribution in [3.05, 3.63) is 18.5 Å². The Hall–Kier alpha value is -1.18. The summed E-state index contributed by atoms with van der Waals surface area (Å²) in [7, 11) is 0.272. The molecule has 0 unspecified atom stereocenters. The Morgan fingerprint density at radius 3 is 2.68 bits per heavy atom. The minimum Gasteiger partial charge on any atom is -0.384 e. The molecule has 7 heteroatoms. The van der Waals surface area contributed by atoms with Crippen molar-refractivity contribution >= 4 is 15.7 Å². The van der Waals surface area contributed by atoms with Gasteiger partial charge in [-0.2, -0.15) is 0 Å². The van der Waals surface area contributed by atoms with Crippen molar-refractivity contribution in [2.45, 2.75) is 18.2 Å². The van der Waals surface area contributed by atoms with Crippen LogP contribution in [0, 0.1) is 0 Å². The zero-order valence-corrected chi connectivity index (χ0v) is 12.5. The molecular formula is C12H22N4O2S. The van der Waals surface area contributed by atoms with Crippen molar-refractivity contribution in [1.82, 2.24) is 14.6 Å². The fourth-order valence-corrected chi connectivity index (χ4v) is 2.63. The number of nitrogens with zero attached hydrogens (tertiary/aromatic N) is 2. The summed E-state index contributed by atoms with van der Waals surface area (Å²) in [6, 6.07) is 1.68. The van der Waals surface area contributed by atoms with Gasteiger partial charge in [0, 0.05) is 32.0 Å². The smallest absolute Gasteiger partial charge is 0.244 e. The predicted molar refractivity (Wildman–Crippen MR) is 76.8 cm³/mol. The van der Waals surface area contributed by atoms with Gasteiger partial charge in [-0.05, 0) is 26.6 Å². The summed E-state index contributed by atoms with van der Waals surface area (Å²) in [4.78, 5) is 6.01. The molecule has 1 aromatic heterocycles. The lowest BCUT2D eigenvalue weighted by molar-refractivity contribution is 0.412. The molecule has 0 aliphatic rings. The first-order valence-electron chi connectivity index (χ1n) is 6.29. The van der Waals surface area contributed by atoms with E-state index in [-0.39, 0.29) is 4.90 Å². The molecule has 0 aromatic carbocycles. The number of pyridine rings is 1. The highest BCUT2D eigenvalue weighted by atomic mass is 32.2. The lowest BCUT2D eigenvalue weighted by Crippen LogP contribution is -2.31. The van der Waals surface area contributed by atoms with Crippen LogP contribution in [0.5, 0.6) is 0 Å². The number of aromatic nitrogens is 1. The molecule has 19 heavy (non-hydrogen) atoms. The highest BCUT2D eigenvalue weighted by molar-refractivity contribution is 7.89. The summed E-state index contributed by atoms with van der Waals surface area (Å²) >= 11 is 0. The summed E-state index contributed by atoms with van der Waals surface area (Å²) in [6.07, 6.45) is 3.88. The lowest BCUT2D eigenvalue weighted by Gasteiger charge is -2.13. The molecular weight excluding hydrogens is 264 g/mol. The second-order valence-electron chi connectivity index (χ2n) is 4.50. The normalized spacial score (nSPS) is 11.8. The van der Waals surface area contributed by atoms with Crippen LogP contribution in [-0.2, 0) is 10.0 Å². The Kier molecular flexibility index (Phi) is 6.20. The van der Waals surface area contributed by atoms with Crippen LogP contribution in [0.25, 0.3) is 0 Å². The van der Waals surface area contributed by atoms with Crippen molar-refractivity contribution in [1.29, 1.82) is 0 Å². The number of anilines is 1. The van der Waals surface area contributed by atoms with E-state index in [0.29, 0.717) is 18.8 Å². The van der Waals surface area contributed by atoms with E-state index in [1.54, 1.807) is 12.3 Å². The summed E-state index contributed by atoms with van der Waals surface area (Å²) in [5, 5.41) is 3.10. The van der Waals surface area contributed by atoms with Crippen molar-refractivity contribution in [3.8, 4) is 0 Å². The van der Waals surface area contributed by atoms with Gasteiger partial charge in [-0.1, -0.05) is 6.92 Å². The molecule has 0 saturated carbocycles. The van der Waals surface area contributed by atoms with Crippen molar-refractivity contribution < 1.29 is 8.42 Å². The van der Waals surface area contributed by atoms with Crippen LogP contribution in [0.15, 0.2) is 23.4 Å². The molecule has 1 heterocycles. The SMILES string of the molecule is CCCNc1ccncc1S(=O)(=O)NCCN(C)C. The first-order chi connectivity index (χ1) is 8.97. The van der Waals surface area contributed by atoms with E-state index in [1.165, 1.54) is 6.20 Å². The topological polar surface area (TPSA) is 74.3 Å². The van der Waals surface area contributed by atoms with Crippen LogP contribution < -0.4 is 10.0 Å². The van der Waals surface area contributed by atoms with Gasteiger partial charge in [0.25, 0.3) is 0 Å². The van der Waals surface area contributed by atoms with E-state index in [9.17, 15) is 8.42 Å². The maximum Gasteiger partial charge on any atom is 0.244 e. The van der Waals surface area contributed by atoms with Gasteiger partial charge >= 0.3 is 0 Å². The maximum absolute atomic E-state index is 12.2. The molecule has 0 fully saturated rings. The molecule has 1 rings (SSSR count). The molecule has 0 radical (unpaired) electrons. The molecule has 0 atom stereocenters. The zero-order valence-electron chi connectivity index (χ0n) is 11.7. The van der Waals surface area contributed by atoms with E-state index in [4.69, 9.17) is 0 Å². The quantitative estimate of drug-likeness (QED) is 0.737. The predicted octanol–water partition coefficient (Wildman–Crippen LogP) is 0.743. The number of sulfonamides is 1. The minimum atomic E-state index is -3.52. The largest absolute Gasteiger partial charge is 0.384 e. The number of likely N-dealkylation sites (N-methyl/N-ethyl adjacent to an activating group) is 1. The standard InChI is InChI=1S/C12H22N4O2S/c1-4-6-14-11-5-7-13-10-12(11)19(17,18)15-8-9-16(2)3/h5,7,10,15H,4,6,8-9H2,1-3H3,(H,13,14). The number of hydrogen-bond donors (Lipinski definition) is 2. The van der Waals surface area contributed by atoms with E-state index in [2.05, 4.69) is 15.0 Å².